The average Bonchev–Trinajstić information content (AvgIpc) is 3.71. The highest BCUT2D eigenvalue weighted by molar-refractivity contribution is 6.25. The predicted molar refractivity (Wildman–Crippen MR) is 277 cm³/mol. The molecule has 0 fully saturated rings. The summed E-state index contributed by atoms with van der Waals surface area (Å²) in [5, 5.41) is 7.55. The van der Waals surface area contributed by atoms with Crippen LogP contribution >= 0.6 is 0 Å². The number of benzene rings is 11. The summed E-state index contributed by atoms with van der Waals surface area (Å²) in [4.78, 5) is 15.1. The molecule has 0 radical (unpaired) electrons. The fourth-order valence-corrected chi connectivity index (χ4v) is 10.8. The van der Waals surface area contributed by atoms with Gasteiger partial charge in [0.15, 0.2) is 17.5 Å². The lowest BCUT2D eigenvalue weighted by molar-refractivity contribution is 0.769. The van der Waals surface area contributed by atoms with Crippen LogP contribution in [0, 0.1) is 0 Å². The zero-order valence-electron chi connectivity index (χ0n) is 36.5. The molecule has 0 atom stereocenters. The number of hydrogen-bond donors (Lipinski definition) is 0. The molecule has 3 heteroatoms. The second kappa shape index (κ2) is 15.7. The first-order valence-corrected chi connectivity index (χ1v) is 22.9. The van der Waals surface area contributed by atoms with Crippen molar-refractivity contribution in [2.24, 2.45) is 0 Å². The topological polar surface area (TPSA) is 38.7 Å². The Labute approximate surface area is 389 Å². The van der Waals surface area contributed by atoms with Gasteiger partial charge in [-0.3, -0.25) is 0 Å². The SMILES string of the molecule is c1ccc(-c2nc(-c3ccccc3)nc(-c3ccc(-c4cc5c(cc4-c4ccc6c7ccccc7c7ccccc7c6c4)C(c4ccccc4)(c4ccccc4)c4ccccc4-5)cc3)n2)cc1. The zero-order valence-corrected chi connectivity index (χ0v) is 36.5. The standard InChI is InChI=1S/C64H41N3/c1-5-19-43(20-6-1)61-65-62(44-21-7-2-8-22-44)67-63(66-61)45-35-33-42(34-36-45)55-40-58-54-31-17-18-32-59(54)64(47-23-9-3-10-24-47,48-25-11-4-12-26-48)60(58)41-56(55)46-37-38-53-51-29-14-13-27-49(51)50-28-15-16-30-52(50)57(53)39-46/h1-41H. The van der Waals surface area contributed by atoms with Crippen LogP contribution in [0.1, 0.15) is 22.3 Å². The van der Waals surface area contributed by atoms with Gasteiger partial charge in [-0.15, -0.1) is 0 Å². The minimum absolute atomic E-state index is 0.545. The Morgan fingerprint density at radius 1 is 0.224 bits per heavy atom. The summed E-state index contributed by atoms with van der Waals surface area (Å²) in [6.45, 7) is 0. The molecule has 0 amide bonds. The zero-order chi connectivity index (χ0) is 44.3. The Bertz CT molecular complexity index is 3700. The van der Waals surface area contributed by atoms with E-state index in [-0.39, 0.29) is 0 Å². The summed E-state index contributed by atoms with van der Waals surface area (Å²) in [6, 6.07) is 90.0. The van der Waals surface area contributed by atoms with Crippen LogP contribution in [-0.4, -0.2) is 15.0 Å². The first kappa shape index (κ1) is 38.6. The third-order valence-corrected chi connectivity index (χ3v) is 13.8. The Kier molecular flexibility index (Phi) is 9.07. The molecule has 0 N–H and O–H groups in total. The number of rotatable bonds is 7. The summed E-state index contributed by atoms with van der Waals surface area (Å²) < 4.78 is 0. The molecule has 0 saturated carbocycles. The first-order chi connectivity index (χ1) is 33.2. The van der Waals surface area contributed by atoms with E-state index in [2.05, 4.69) is 188 Å². The van der Waals surface area contributed by atoms with E-state index in [1.165, 1.54) is 76.8 Å². The molecule has 3 nitrogen and oxygen atoms in total. The molecule has 1 aromatic heterocycles. The van der Waals surface area contributed by atoms with Gasteiger partial charge in [0.1, 0.15) is 0 Å². The highest BCUT2D eigenvalue weighted by atomic mass is 15.0. The molecule has 11 aromatic carbocycles. The monoisotopic (exact) mass is 851 g/mol. The van der Waals surface area contributed by atoms with Gasteiger partial charge in [0.25, 0.3) is 0 Å². The van der Waals surface area contributed by atoms with Crippen molar-refractivity contribution in [2.45, 2.75) is 5.41 Å². The van der Waals surface area contributed by atoms with Gasteiger partial charge < -0.3 is 0 Å². The van der Waals surface area contributed by atoms with E-state index in [0.29, 0.717) is 17.5 Å². The second-order valence-corrected chi connectivity index (χ2v) is 17.4. The predicted octanol–water partition coefficient (Wildman–Crippen LogP) is 16.0. The normalized spacial score (nSPS) is 12.6. The summed E-state index contributed by atoms with van der Waals surface area (Å²) in [5.41, 5.74) is 14.4. The molecule has 0 saturated heterocycles. The minimum atomic E-state index is -0.545. The maximum absolute atomic E-state index is 5.07. The van der Waals surface area contributed by atoms with Crippen LogP contribution < -0.4 is 0 Å². The van der Waals surface area contributed by atoms with Crippen LogP contribution in [0.15, 0.2) is 249 Å². The van der Waals surface area contributed by atoms with Gasteiger partial charge in [0.2, 0.25) is 0 Å². The highest BCUT2D eigenvalue weighted by Crippen LogP contribution is 2.58. The summed E-state index contributed by atoms with van der Waals surface area (Å²) in [5.74, 6) is 1.92. The van der Waals surface area contributed by atoms with Crippen LogP contribution in [-0.2, 0) is 5.41 Å². The number of fused-ring (bicyclic) bond motifs is 9. The fraction of sp³-hybridized carbons (Fsp3) is 0.0156. The third-order valence-electron chi connectivity index (χ3n) is 13.8. The van der Waals surface area contributed by atoms with E-state index in [1.54, 1.807) is 0 Å². The third kappa shape index (κ3) is 6.24. The maximum atomic E-state index is 5.07. The van der Waals surface area contributed by atoms with Crippen molar-refractivity contribution in [3.8, 4) is 67.5 Å². The van der Waals surface area contributed by atoms with Crippen molar-refractivity contribution in [3.05, 3.63) is 271 Å². The summed E-state index contributed by atoms with van der Waals surface area (Å²) >= 11 is 0. The van der Waals surface area contributed by atoms with Crippen molar-refractivity contribution in [1.29, 1.82) is 0 Å². The lowest BCUT2D eigenvalue weighted by atomic mass is 9.67. The molecule has 1 heterocycles. The molecule has 0 unspecified atom stereocenters. The van der Waals surface area contributed by atoms with Gasteiger partial charge in [0.05, 0.1) is 5.41 Å². The van der Waals surface area contributed by atoms with Gasteiger partial charge in [-0.1, -0.05) is 231 Å². The molecule has 0 spiro atoms. The van der Waals surface area contributed by atoms with E-state index >= 15 is 0 Å². The lowest BCUT2D eigenvalue weighted by Gasteiger charge is -2.34. The maximum Gasteiger partial charge on any atom is 0.164 e. The van der Waals surface area contributed by atoms with E-state index in [9.17, 15) is 0 Å². The first-order valence-electron chi connectivity index (χ1n) is 22.9. The summed E-state index contributed by atoms with van der Waals surface area (Å²) in [6.07, 6.45) is 0. The molecular formula is C64H41N3. The van der Waals surface area contributed by atoms with E-state index < -0.39 is 5.41 Å². The van der Waals surface area contributed by atoms with Crippen LogP contribution in [0.2, 0.25) is 0 Å². The van der Waals surface area contributed by atoms with Crippen molar-refractivity contribution in [1.82, 2.24) is 15.0 Å². The molecule has 13 rings (SSSR count). The van der Waals surface area contributed by atoms with Crippen LogP contribution in [0.3, 0.4) is 0 Å². The Balaban J connectivity index is 1.06. The molecule has 1 aliphatic rings. The number of aromatic nitrogens is 3. The van der Waals surface area contributed by atoms with Crippen molar-refractivity contribution in [2.75, 3.05) is 0 Å². The minimum Gasteiger partial charge on any atom is -0.208 e. The van der Waals surface area contributed by atoms with E-state index in [1.807, 2.05) is 60.7 Å². The second-order valence-electron chi connectivity index (χ2n) is 17.4. The highest BCUT2D eigenvalue weighted by Gasteiger charge is 2.46. The van der Waals surface area contributed by atoms with Crippen LogP contribution in [0.25, 0.3) is 99.9 Å². The smallest absolute Gasteiger partial charge is 0.164 e. The van der Waals surface area contributed by atoms with Gasteiger partial charge >= 0.3 is 0 Å². The molecule has 1 aliphatic carbocycles. The van der Waals surface area contributed by atoms with Gasteiger partial charge in [-0.05, 0) is 106 Å². The van der Waals surface area contributed by atoms with E-state index in [4.69, 9.17) is 15.0 Å². The molecule has 0 bridgehead atoms. The quantitative estimate of drug-likeness (QED) is 0.150. The van der Waals surface area contributed by atoms with Crippen molar-refractivity contribution in [3.63, 3.8) is 0 Å². The molecule has 12 aromatic rings. The number of nitrogens with zero attached hydrogens (tertiary/aromatic N) is 3. The van der Waals surface area contributed by atoms with Crippen LogP contribution in [0.5, 0.6) is 0 Å². The Morgan fingerprint density at radius 2 is 0.612 bits per heavy atom. The Morgan fingerprint density at radius 3 is 1.15 bits per heavy atom. The van der Waals surface area contributed by atoms with Gasteiger partial charge in [-0.2, -0.15) is 0 Å². The van der Waals surface area contributed by atoms with E-state index in [0.717, 1.165) is 27.8 Å². The van der Waals surface area contributed by atoms with Crippen LogP contribution in [0.4, 0.5) is 0 Å². The number of hydrogen-bond acceptors (Lipinski definition) is 3. The average molecular weight is 852 g/mol. The lowest BCUT2D eigenvalue weighted by Crippen LogP contribution is -2.28. The summed E-state index contributed by atoms with van der Waals surface area (Å²) in [7, 11) is 0. The largest absolute Gasteiger partial charge is 0.208 e. The van der Waals surface area contributed by atoms with Crippen molar-refractivity contribution >= 4 is 32.3 Å². The Hall–Kier alpha value is -8.79. The molecular weight excluding hydrogens is 811 g/mol. The molecule has 312 valence electrons. The molecule has 0 aliphatic heterocycles. The molecule has 67 heavy (non-hydrogen) atoms. The van der Waals surface area contributed by atoms with Crippen molar-refractivity contribution < 1.29 is 0 Å². The van der Waals surface area contributed by atoms with Gasteiger partial charge in [0, 0.05) is 16.7 Å². The fourth-order valence-electron chi connectivity index (χ4n) is 10.8. The van der Waals surface area contributed by atoms with Gasteiger partial charge in [-0.25, -0.2) is 15.0 Å².